The van der Waals surface area contributed by atoms with Crippen LogP contribution in [0.3, 0.4) is 0 Å². The van der Waals surface area contributed by atoms with Gasteiger partial charge in [-0.1, -0.05) is 18.2 Å². The van der Waals surface area contributed by atoms with Gasteiger partial charge in [-0.25, -0.2) is 0 Å². The number of carbonyl (C=O) groups is 1. The maximum atomic E-state index is 12.2. The van der Waals surface area contributed by atoms with E-state index < -0.39 is 0 Å². The number of rotatable bonds is 2. The summed E-state index contributed by atoms with van der Waals surface area (Å²) >= 11 is 0. The molecule has 0 N–H and O–H groups in total. The summed E-state index contributed by atoms with van der Waals surface area (Å²) in [4.78, 5) is 16.3. The number of aromatic nitrogens is 1. The lowest BCUT2D eigenvalue weighted by Gasteiger charge is -1.97. The van der Waals surface area contributed by atoms with Crippen LogP contribution in [0.25, 0.3) is 11.0 Å². The lowest BCUT2D eigenvalue weighted by atomic mass is 10.1. The average molecular weight is 237 g/mol. The Balaban J connectivity index is 2.03. The molecule has 0 aliphatic carbocycles. The number of benzene rings is 1. The largest absolute Gasteiger partial charge is 0.453 e. The van der Waals surface area contributed by atoms with Gasteiger partial charge in [-0.15, -0.1) is 0 Å². The smallest absolute Gasteiger partial charge is 0.229 e. The van der Waals surface area contributed by atoms with Crippen LogP contribution in [-0.4, -0.2) is 10.8 Å². The van der Waals surface area contributed by atoms with Gasteiger partial charge in [0.05, 0.1) is 0 Å². The van der Waals surface area contributed by atoms with Crippen LogP contribution in [0.1, 0.15) is 21.8 Å². The van der Waals surface area contributed by atoms with Crippen LogP contribution in [0.15, 0.2) is 53.1 Å². The second-order valence-electron chi connectivity index (χ2n) is 4.17. The normalized spacial score (nSPS) is 10.7. The third-order valence-corrected chi connectivity index (χ3v) is 2.82. The first-order chi connectivity index (χ1) is 8.74. The molecule has 0 saturated carbocycles. The highest BCUT2D eigenvalue weighted by Gasteiger charge is 2.14. The van der Waals surface area contributed by atoms with E-state index in [1.165, 1.54) is 0 Å². The summed E-state index contributed by atoms with van der Waals surface area (Å²) in [5.74, 6) is 0.209. The molecule has 0 aliphatic heterocycles. The molecule has 3 nitrogen and oxygen atoms in total. The molecule has 88 valence electrons. The Bertz CT molecular complexity index is 678. The van der Waals surface area contributed by atoms with Gasteiger partial charge < -0.3 is 4.42 Å². The van der Waals surface area contributed by atoms with E-state index in [1.54, 1.807) is 18.3 Å². The average Bonchev–Trinajstić information content (AvgIpc) is 2.82. The summed E-state index contributed by atoms with van der Waals surface area (Å²) in [5, 5.41) is 0.931. The van der Waals surface area contributed by atoms with Crippen LogP contribution in [0.4, 0.5) is 0 Å². The molecule has 2 aromatic heterocycles. The zero-order valence-electron chi connectivity index (χ0n) is 9.88. The fraction of sp³-hybridized carbons (Fsp3) is 0.0667. The van der Waals surface area contributed by atoms with Crippen molar-refractivity contribution in [1.82, 2.24) is 4.98 Å². The Morgan fingerprint density at radius 2 is 2.00 bits per heavy atom. The van der Waals surface area contributed by atoms with Crippen molar-refractivity contribution in [2.45, 2.75) is 6.92 Å². The zero-order chi connectivity index (χ0) is 12.5. The lowest BCUT2D eigenvalue weighted by Crippen LogP contribution is -2.00. The second-order valence-corrected chi connectivity index (χ2v) is 4.17. The van der Waals surface area contributed by atoms with Gasteiger partial charge in [-0.3, -0.25) is 9.78 Å². The van der Waals surface area contributed by atoms with Gasteiger partial charge in [0.25, 0.3) is 0 Å². The van der Waals surface area contributed by atoms with Crippen molar-refractivity contribution in [3.05, 3.63) is 65.7 Å². The monoisotopic (exact) mass is 237 g/mol. The maximum absolute atomic E-state index is 12.2. The number of aryl methyl sites for hydroxylation is 1. The quantitative estimate of drug-likeness (QED) is 0.642. The molecular formula is C15H11NO2. The maximum Gasteiger partial charge on any atom is 0.229 e. The molecule has 0 spiro atoms. The van der Waals surface area contributed by atoms with E-state index >= 15 is 0 Å². The minimum absolute atomic E-state index is 0.140. The number of hydrogen-bond donors (Lipinski definition) is 0. The van der Waals surface area contributed by atoms with Gasteiger partial charge in [0, 0.05) is 22.8 Å². The number of pyridine rings is 1. The Kier molecular flexibility index (Phi) is 2.45. The SMILES string of the molecule is Cc1ccc(C(=O)c2cc3ccccc3o2)cn1. The van der Waals surface area contributed by atoms with E-state index in [9.17, 15) is 4.79 Å². The molecule has 2 heterocycles. The summed E-state index contributed by atoms with van der Waals surface area (Å²) in [5.41, 5.74) is 2.15. The number of nitrogens with zero attached hydrogens (tertiary/aromatic N) is 1. The molecule has 3 heteroatoms. The number of para-hydroxylation sites is 1. The van der Waals surface area contributed by atoms with Crippen molar-refractivity contribution in [3.63, 3.8) is 0 Å². The van der Waals surface area contributed by atoms with Crippen molar-refractivity contribution in [1.29, 1.82) is 0 Å². The third-order valence-electron chi connectivity index (χ3n) is 2.82. The van der Waals surface area contributed by atoms with Crippen LogP contribution >= 0.6 is 0 Å². The van der Waals surface area contributed by atoms with E-state index in [1.807, 2.05) is 37.3 Å². The van der Waals surface area contributed by atoms with Crippen LogP contribution in [0.2, 0.25) is 0 Å². The van der Waals surface area contributed by atoms with E-state index in [-0.39, 0.29) is 5.78 Å². The Morgan fingerprint density at radius 3 is 2.72 bits per heavy atom. The van der Waals surface area contributed by atoms with E-state index in [2.05, 4.69) is 4.98 Å². The van der Waals surface area contributed by atoms with E-state index in [4.69, 9.17) is 4.42 Å². The Hall–Kier alpha value is -2.42. The first-order valence-corrected chi connectivity index (χ1v) is 5.70. The molecule has 1 aromatic carbocycles. The molecule has 0 amide bonds. The molecule has 18 heavy (non-hydrogen) atoms. The van der Waals surface area contributed by atoms with Gasteiger partial charge in [0.1, 0.15) is 5.58 Å². The van der Waals surface area contributed by atoms with E-state index in [0.717, 1.165) is 16.7 Å². The van der Waals surface area contributed by atoms with Crippen LogP contribution in [0.5, 0.6) is 0 Å². The molecule has 3 aromatic rings. The van der Waals surface area contributed by atoms with Gasteiger partial charge in [0.15, 0.2) is 5.76 Å². The van der Waals surface area contributed by atoms with Crippen LogP contribution in [0, 0.1) is 6.92 Å². The summed E-state index contributed by atoms with van der Waals surface area (Å²) in [6.07, 6.45) is 1.57. The lowest BCUT2D eigenvalue weighted by molar-refractivity contribution is 0.101. The van der Waals surface area contributed by atoms with Gasteiger partial charge in [-0.2, -0.15) is 0 Å². The molecule has 3 rings (SSSR count). The number of furan rings is 1. The van der Waals surface area contributed by atoms with Crippen molar-refractivity contribution in [3.8, 4) is 0 Å². The summed E-state index contributed by atoms with van der Waals surface area (Å²) in [7, 11) is 0. The molecule has 0 bridgehead atoms. The van der Waals surface area contributed by atoms with Crippen molar-refractivity contribution in [2.24, 2.45) is 0 Å². The predicted molar refractivity (Wildman–Crippen MR) is 68.6 cm³/mol. The predicted octanol–water partition coefficient (Wildman–Crippen LogP) is 3.37. The molecule has 0 unspecified atom stereocenters. The fourth-order valence-corrected chi connectivity index (χ4v) is 1.84. The second kappa shape index (κ2) is 4.11. The topological polar surface area (TPSA) is 43.1 Å². The number of hydrogen-bond acceptors (Lipinski definition) is 3. The van der Waals surface area contributed by atoms with E-state index in [0.29, 0.717) is 11.3 Å². The van der Waals surface area contributed by atoms with Crippen LogP contribution in [-0.2, 0) is 0 Å². The van der Waals surface area contributed by atoms with Gasteiger partial charge in [-0.05, 0) is 31.2 Å². The van der Waals surface area contributed by atoms with Gasteiger partial charge in [0.2, 0.25) is 5.78 Å². The molecule has 0 saturated heterocycles. The van der Waals surface area contributed by atoms with Crippen LogP contribution < -0.4 is 0 Å². The number of ketones is 1. The highest BCUT2D eigenvalue weighted by atomic mass is 16.3. The molecule has 0 aliphatic rings. The first kappa shape index (κ1) is 10.7. The first-order valence-electron chi connectivity index (χ1n) is 5.70. The summed E-state index contributed by atoms with van der Waals surface area (Å²) in [6, 6.07) is 12.9. The summed E-state index contributed by atoms with van der Waals surface area (Å²) < 4.78 is 5.54. The third kappa shape index (κ3) is 1.80. The minimum atomic E-state index is -0.140. The minimum Gasteiger partial charge on any atom is -0.453 e. The highest BCUT2D eigenvalue weighted by Crippen LogP contribution is 2.21. The molecular weight excluding hydrogens is 226 g/mol. The van der Waals surface area contributed by atoms with Crippen molar-refractivity contribution >= 4 is 16.8 Å². The molecule has 0 atom stereocenters. The number of carbonyl (C=O) groups excluding carboxylic acids is 1. The standard InChI is InChI=1S/C15H11NO2/c1-10-6-7-12(9-16-10)15(17)14-8-11-4-2-3-5-13(11)18-14/h2-9H,1H3. The summed E-state index contributed by atoms with van der Waals surface area (Å²) in [6.45, 7) is 1.88. The number of fused-ring (bicyclic) bond motifs is 1. The van der Waals surface area contributed by atoms with Crippen molar-refractivity contribution < 1.29 is 9.21 Å². The van der Waals surface area contributed by atoms with Crippen molar-refractivity contribution in [2.75, 3.05) is 0 Å². The Morgan fingerprint density at radius 1 is 1.17 bits per heavy atom. The highest BCUT2D eigenvalue weighted by molar-refractivity contribution is 6.08. The fourth-order valence-electron chi connectivity index (χ4n) is 1.84. The zero-order valence-corrected chi connectivity index (χ0v) is 9.88. The Labute approximate surface area is 104 Å². The van der Waals surface area contributed by atoms with Gasteiger partial charge >= 0.3 is 0 Å². The molecule has 0 radical (unpaired) electrons. The molecule has 0 fully saturated rings.